The SMILES string of the molecule is CS(=O)(=O)c1cccc(C(=O)C2CCC(F)(F)CC2C(=O)N[C@@H](c2ccc(C(F)(F)F)cc2F)C2CC2)c1. The van der Waals surface area contributed by atoms with Crippen molar-refractivity contribution >= 4 is 21.5 Å². The molecule has 0 aliphatic heterocycles. The Bertz CT molecular complexity index is 1350. The number of nitrogens with one attached hydrogen (secondary N) is 1. The fourth-order valence-electron chi connectivity index (χ4n) is 4.91. The molecule has 2 aromatic rings. The zero-order chi connectivity index (χ0) is 28.0. The second kappa shape index (κ2) is 10.0. The molecule has 3 atom stereocenters. The van der Waals surface area contributed by atoms with Gasteiger partial charge in [-0.05, 0) is 49.4 Å². The molecule has 4 rings (SSSR count). The first-order valence-electron chi connectivity index (χ1n) is 12.0. The average molecular weight is 562 g/mol. The summed E-state index contributed by atoms with van der Waals surface area (Å²) in [5, 5.41) is 2.53. The monoisotopic (exact) mass is 561 g/mol. The Labute approximate surface area is 215 Å². The van der Waals surface area contributed by atoms with Gasteiger partial charge in [0.2, 0.25) is 11.8 Å². The van der Waals surface area contributed by atoms with E-state index in [1.807, 2.05) is 0 Å². The van der Waals surface area contributed by atoms with Gasteiger partial charge in [-0.2, -0.15) is 13.2 Å². The molecule has 2 saturated carbocycles. The van der Waals surface area contributed by atoms with Crippen LogP contribution >= 0.6 is 0 Å². The summed E-state index contributed by atoms with van der Waals surface area (Å²) in [6, 6.07) is 5.98. The third-order valence-corrected chi connectivity index (χ3v) is 8.21. The minimum atomic E-state index is -4.77. The molecule has 2 fully saturated rings. The zero-order valence-corrected chi connectivity index (χ0v) is 21.0. The largest absolute Gasteiger partial charge is 0.416 e. The van der Waals surface area contributed by atoms with Crippen molar-refractivity contribution in [1.82, 2.24) is 5.32 Å². The lowest BCUT2D eigenvalue weighted by atomic mass is 9.73. The van der Waals surface area contributed by atoms with Crippen molar-refractivity contribution in [2.45, 2.75) is 55.1 Å². The van der Waals surface area contributed by atoms with Crippen LogP contribution in [0, 0.1) is 23.6 Å². The Kier molecular flexibility index (Phi) is 7.41. The molecule has 0 radical (unpaired) electrons. The number of alkyl halides is 5. The number of hydrogen-bond acceptors (Lipinski definition) is 4. The Hall–Kier alpha value is -2.89. The topological polar surface area (TPSA) is 80.3 Å². The van der Waals surface area contributed by atoms with Gasteiger partial charge in [-0.3, -0.25) is 9.59 Å². The second-order valence-electron chi connectivity index (χ2n) is 10.0. The lowest BCUT2D eigenvalue weighted by Gasteiger charge is -2.35. The van der Waals surface area contributed by atoms with Gasteiger partial charge in [-0.15, -0.1) is 0 Å². The Morgan fingerprint density at radius 3 is 2.29 bits per heavy atom. The highest BCUT2D eigenvalue weighted by atomic mass is 32.2. The molecule has 0 spiro atoms. The van der Waals surface area contributed by atoms with Crippen LogP contribution in [-0.4, -0.2) is 32.3 Å². The highest BCUT2D eigenvalue weighted by molar-refractivity contribution is 7.90. The summed E-state index contributed by atoms with van der Waals surface area (Å²) >= 11 is 0. The lowest BCUT2D eigenvalue weighted by molar-refractivity contribution is -0.138. The van der Waals surface area contributed by atoms with Crippen molar-refractivity contribution in [2.24, 2.45) is 17.8 Å². The van der Waals surface area contributed by atoms with Crippen LogP contribution in [0.3, 0.4) is 0 Å². The number of halogens is 6. The maximum absolute atomic E-state index is 14.7. The van der Waals surface area contributed by atoms with Crippen LogP contribution in [0.15, 0.2) is 47.4 Å². The zero-order valence-electron chi connectivity index (χ0n) is 20.2. The van der Waals surface area contributed by atoms with Crippen LogP contribution in [0.1, 0.15) is 59.6 Å². The molecule has 0 heterocycles. The molecule has 2 aromatic carbocycles. The molecular weight excluding hydrogens is 536 g/mol. The maximum Gasteiger partial charge on any atom is 0.416 e. The number of amides is 1. The van der Waals surface area contributed by atoms with Crippen LogP contribution in [0.2, 0.25) is 0 Å². The lowest BCUT2D eigenvalue weighted by Crippen LogP contribution is -2.46. The van der Waals surface area contributed by atoms with E-state index in [0.29, 0.717) is 25.0 Å². The Morgan fingerprint density at radius 1 is 1.03 bits per heavy atom. The minimum absolute atomic E-state index is 0.0477. The fraction of sp³-hybridized carbons (Fsp3) is 0.462. The summed E-state index contributed by atoms with van der Waals surface area (Å²) in [5.41, 5.74) is -1.44. The quantitative estimate of drug-likeness (QED) is 0.345. The molecule has 2 unspecified atom stereocenters. The van der Waals surface area contributed by atoms with Crippen molar-refractivity contribution in [2.75, 3.05) is 6.26 Å². The molecule has 0 bridgehead atoms. The van der Waals surface area contributed by atoms with Gasteiger partial charge in [0, 0.05) is 36.1 Å². The van der Waals surface area contributed by atoms with Crippen molar-refractivity contribution < 1.29 is 44.3 Å². The number of carbonyl (C=O) groups excluding carboxylic acids is 2. The molecule has 12 heteroatoms. The fourth-order valence-corrected chi connectivity index (χ4v) is 5.58. The van der Waals surface area contributed by atoms with E-state index in [1.165, 1.54) is 18.2 Å². The summed E-state index contributed by atoms with van der Waals surface area (Å²) in [5.74, 6) is -9.03. The molecule has 206 valence electrons. The summed E-state index contributed by atoms with van der Waals surface area (Å²) in [7, 11) is -3.66. The van der Waals surface area contributed by atoms with Crippen molar-refractivity contribution in [1.29, 1.82) is 0 Å². The third kappa shape index (κ3) is 6.22. The maximum atomic E-state index is 14.7. The highest BCUT2D eigenvalue weighted by Gasteiger charge is 2.48. The van der Waals surface area contributed by atoms with E-state index in [-0.39, 0.29) is 28.4 Å². The molecule has 38 heavy (non-hydrogen) atoms. The van der Waals surface area contributed by atoms with E-state index >= 15 is 0 Å². The number of hydrogen-bond donors (Lipinski definition) is 1. The Balaban J connectivity index is 1.62. The Morgan fingerprint density at radius 2 is 1.71 bits per heavy atom. The molecular formula is C26H25F6NO4S. The van der Waals surface area contributed by atoms with Crippen LogP contribution in [0.25, 0.3) is 0 Å². The molecule has 2 aliphatic rings. The van der Waals surface area contributed by atoms with Gasteiger partial charge >= 0.3 is 6.18 Å². The van der Waals surface area contributed by atoms with Crippen molar-refractivity contribution in [3.05, 3.63) is 65.0 Å². The van der Waals surface area contributed by atoms with E-state index in [4.69, 9.17) is 0 Å². The first-order chi connectivity index (χ1) is 17.6. The predicted octanol–water partition coefficient (Wildman–Crippen LogP) is 5.75. The van der Waals surface area contributed by atoms with E-state index in [1.54, 1.807) is 0 Å². The standard InChI is InChI=1S/C26H25F6NO4S/c1-38(36,37)17-4-2-3-15(11-17)23(34)18-9-10-25(28,29)13-20(18)24(35)33-22(14-5-6-14)19-8-7-16(12-21(19)27)26(30,31)32/h2-4,7-8,11-12,14,18,20,22H,5-6,9-10,13H2,1H3,(H,33,35)/t18?,20?,22-/m1/s1. The van der Waals surface area contributed by atoms with E-state index < -0.39 is 75.7 Å². The summed E-state index contributed by atoms with van der Waals surface area (Å²) < 4.78 is 106. The average Bonchev–Trinajstić information content (AvgIpc) is 3.66. The van der Waals surface area contributed by atoms with Gasteiger partial charge in [-0.1, -0.05) is 18.2 Å². The molecule has 2 aliphatic carbocycles. The molecule has 5 nitrogen and oxygen atoms in total. The number of Topliss-reactive ketones (excluding diaryl/α,β-unsaturated/α-hetero) is 1. The minimum Gasteiger partial charge on any atom is -0.349 e. The van der Waals surface area contributed by atoms with Crippen molar-refractivity contribution in [3.63, 3.8) is 0 Å². The smallest absolute Gasteiger partial charge is 0.349 e. The van der Waals surface area contributed by atoms with Crippen LogP contribution in [-0.2, 0) is 20.8 Å². The summed E-state index contributed by atoms with van der Waals surface area (Å²) in [6.07, 6.45) is -4.66. The van der Waals surface area contributed by atoms with E-state index in [0.717, 1.165) is 18.4 Å². The van der Waals surface area contributed by atoms with Gasteiger partial charge in [0.15, 0.2) is 15.6 Å². The summed E-state index contributed by atoms with van der Waals surface area (Å²) in [6.45, 7) is 0. The number of ketones is 1. The van der Waals surface area contributed by atoms with Crippen LogP contribution < -0.4 is 5.32 Å². The number of benzene rings is 2. The highest BCUT2D eigenvalue weighted by Crippen LogP contribution is 2.45. The first-order valence-corrected chi connectivity index (χ1v) is 13.9. The van der Waals surface area contributed by atoms with Gasteiger partial charge in [-0.25, -0.2) is 21.6 Å². The second-order valence-corrected chi connectivity index (χ2v) is 12.0. The van der Waals surface area contributed by atoms with Crippen LogP contribution in [0.4, 0.5) is 26.3 Å². The van der Waals surface area contributed by atoms with Gasteiger partial charge in [0.05, 0.1) is 22.4 Å². The van der Waals surface area contributed by atoms with Gasteiger partial charge in [0.25, 0.3) is 0 Å². The third-order valence-electron chi connectivity index (χ3n) is 7.10. The van der Waals surface area contributed by atoms with E-state index in [9.17, 15) is 44.3 Å². The van der Waals surface area contributed by atoms with Crippen LogP contribution in [0.5, 0.6) is 0 Å². The molecule has 0 saturated heterocycles. The molecule has 1 amide bonds. The number of rotatable bonds is 7. The van der Waals surface area contributed by atoms with Gasteiger partial charge in [0.1, 0.15) is 5.82 Å². The first kappa shape index (κ1) is 28.1. The predicted molar refractivity (Wildman–Crippen MR) is 125 cm³/mol. The molecule has 0 aromatic heterocycles. The van der Waals surface area contributed by atoms with Gasteiger partial charge < -0.3 is 5.32 Å². The molecule has 1 N–H and O–H groups in total. The van der Waals surface area contributed by atoms with Crippen molar-refractivity contribution in [3.8, 4) is 0 Å². The normalized spacial score (nSPS) is 22.5. The number of sulfone groups is 1. The number of carbonyl (C=O) groups is 2. The summed E-state index contributed by atoms with van der Waals surface area (Å²) in [4.78, 5) is 26.5. The van der Waals surface area contributed by atoms with E-state index in [2.05, 4.69) is 5.32 Å².